The highest BCUT2D eigenvalue weighted by molar-refractivity contribution is 5.27. The number of anilines is 1. The predicted octanol–water partition coefficient (Wildman–Crippen LogP) is 0.844. The van der Waals surface area contributed by atoms with Crippen molar-refractivity contribution in [1.82, 2.24) is 15.2 Å². The third kappa shape index (κ3) is 2.34. The lowest BCUT2D eigenvalue weighted by atomic mass is 10.2. The van der Waals surface area contributed by atoms with Crippen molar-refractivity contribution >= 4 is 6.01 Å². The molecular formula is C10H13N5O. The lowest BCUT2D eigenvalue weighted by molar-refractivity contribution is 0.507. The Labute approximate surface area is 92.9 Å². The molecule has 2 aromatic rings. The molecule has 0 aromatic carbocycles. The van der Waals surface area contributed by atoms with Crippen molar-refractivity contribution in [1.29, 1.82) is 0 Å². The fourth-order valence-electron chi connectivity index (χ4n) is 1.26. The Balaban J connectivity index is 1.99. The molecule has 2 aromatic heterocycles. The maximum Gasteiger partial charge on any atom is 0.315 e. The molecule has 84 valence electrons. The Bertz CT molecular complexity index is 468. The summed E-state index contributed by atoms with van der Waals surface area (Å²) in [6.45, 7) is 2.88. The molecule has 2 heterocycles. The highest BCUT2D eigenvalue weighted by Gasteiger charge is 2.04. The molecule has 0 unspecified atom stereocenters. The van der Waals surface area contributed by atoms with Gasteiger partial charge in [-0.2, -0.15) is 0 Å². The van der Waals surface area contributed by atoms with E-state index in [2.05, 4.69) is 20.5 Å². The van der Waals surface area contributed by atoms with E-state index in [0.717, 1.165) is 5.56 Å². The van der Waals surface area contributed by atoms with Crippen LogP contribution >= 0.6 is 0 Å². The van der Waals surface area contributed by atoms with Gasteiger partial charge in [0.2, 0.25) is 5.89 Å². The topological polar surface area (TPSA) is 89.9 Å². The molecule has 6 heteroatoms. The summed E-state index contributed by atoms with van der Waals surface area (Å²) in [5.41, 5.74) is 7.62. The van der Waals surface area contributed by atoms with Crippen molar-refractivity contribution in [3.05, 3.63) is 35.5 Å². The van der Waals surface area contributed by atoms with Crippen LogP contribution in [0.5, 0.6) is 0 Å². The summed E-state index contributed by atoms with van der Waals surface area (Å²) in [5, 5.41) is 10.6. The number of hydrogen-bond acceptors (Lipinski definition) is 6. The summed E-state index contributed by atoms with van der Waals surface area (Å²) < 4.78 is 5.22. The SMILES string of the molecule is Cc1ccncc1CNc1nnc(CN)o1. The number of aryl methyl sites for hydroxylation is 1. The minimum atomic E-state index is 0.251. The Kier molecular flexibility index (Phi) is 3.11. The molecule has 0 aliphatic rings. The molecule has 3 N–H and O–H groups in total. The summed E-state index contributed by atoms with van der Waals surface area (Å²) in [6, 6.07) is 2.33. The van der Waals surface area contributed by atoms with Gasteiger partial charge in [-0.05, 0) is 24.1 Å². The number of nitrogens with two attached hydrogens (primary N) is 1. The lowest BCUT2D eigenvalue weighted by Gasteiger charge is -2.03. The van der Waals surface area contributed by atoms with Gasteiger partial charge in [0.15, 0.2) is 0 Å². The summed E-state index contributed by atoms with van der Waals surface area (Å²) in [4.78, 5) is 4.05. The van der Waals surface area contributed by atoms with E-state index in [9.17, 15) is 0 Å². The van der Waals surface area contributed by atoms with Gasteiger partial charge in [-0.15, -0.1) is 5.10 Å². The quantitative estimate of drug-likeness (QED) is 0.792. The molecule has 0 bridgehead atoms. The van der Waals surface area contributed by atoms with E-state index < -0.39 is 0 Å². The van der Waals surface area contributed by atoms with Crippen LogP contribution < -0.4 is 11.1 Å². The summed E-state index contributed by atoms with van der Waals surface area (Å²) in [7, 11) is 0. The molecule has 6 nitrogen and oxygen atoms in total. The van der Waals surface area contributed by atoms with E-state index in [-0.39, 0.29) is 6.54 Å². The van der Waals surface area contributed by atoms with Crippen molar-refractivity contribution in [3.8, 4) is 0 Å². The average molecular weight is 219 g/mol. The zero-order valence-corrected chi connectivity index (χ0v) is 8.97. The minimum absolute atomic E-state index is 0.251. The van der Waals surface area contributed by atoms with E-state index in [4.69, 9.17) is 10.2 Å². The predicted molar refractivity (Wildman–Crippen MR) is 58.5 cm³/mol. The van der Waals surface area contributed by atoms with Gasteiger partial charge in [0.1, 0.15) is 0 Å². The highest BCUT2D eigenvalue weighted by atomic mass is 16.4. The Hall–Kier alpha value is -1.95. The number of nitrogens with zero attached hydrogens (tertiary/aromatic N) is 3. The van der Waals surface area contributed by atoms with Gasteiger partial charge in [0.25, 0.3) is 0 Å². The summed E-state index contributed by atoms with van der Waals surface area (Å²) in [6.07, 6.45) is 3.57. The average Bonchev–Trinajstić information content (AvgIpc) is 2.76. The molecule has 0 aliphatic heterocycles. The first-order valence-corrected chi connectivity index (χ1v) is 4.95. The van der Waals surface area contributed by atoms with Crippen LogP contribution in [0.4, 0.5) is 6.01 Å². The molecule has 0 atom stereocenters. The molecular weight excluding hydrogens is 206 g/mol. The van der Waals surface area contributed by atoms with Crippen LogP contribution in [0, 0.1) is 6.92 Å². The van der Waals surface area contributed by atoms with E-state index >= 15 is 0 Å². The smallest absolute Gasteiger partial charge is 0.315 e. The van der Waals surface area contributed by atoms with Gasteiger partial charge in [-0.25, -0.2) is 0 Å². The van der Waals surface area contributed by atoms with E-state index in [1.165, 1.54) is 5.56 Å². The van der Waals surface area contributed by atoms with Gasteiger partial charge in [0, 0.05) is 18.9 Å². The number of nitrogens with one attached hydrogen (secondary N) is 1. The maximum absolute atomic E-state index is 5.36. The molecule has 16 heavy (non-hydrogen) atoms. The monoisotopic (exact) mass is 219 g/mol. The zero-order valence-electron chi connectivity index (χ0n) is 8.97. The fourth-order valence-corrected chi connectivity index (χ4v) is 1.26. The molecule has 0 saturated heterocycles. The zero-order chi connectivity index (χ0) is 11.4. The summed E-state index contributed by atoms with van der Waals surface area (Å²) in [5.74, 6) is 0.422. The van der Waals surface area contributed by atoms with Gasteiger partial charge < -0.3 is 15.5 Å². The molecule has 0 radical (unpaired) electrons. The van der Waals surface area contributed by atoms with Gasteiger partial charge >= 0.3 is 6.01 Å². The molecule has 0 saturated carbocycles. The Morgan fingerprint density at radius 1 is 1.44 bits per heavy atom. The second-order valence-electron chi connectivity index (χ2n) is 3.36. The van der Waals surface area contributed by atoms with Gasteiger partial charge in [-0.3, -0.25) is 4.98 Å². The third-order valence-electron chi connectivity index (χ3n) is 2.22. The van der Waals surface area contributed by atoms with Gasteiger partial charge in [-0.1, -0.05) is 5.10 Å². The highest BCUT2D eigenvalue weighted by Crippen LogP contribution is 2.09. The van der Waals surface area contributed by atoms with E-state index in [1.54, 1.807) is 6.20 Å². The molecule has 0 fully saturated rings. The van der Waals surface area contributed by atoms with Crippen LogP contribution in [0.25, 0.3) is 0 Å². The Morgan fingerprint density at radius 3 is 3.00 bits per heavy atom. The van der Waals surface area contributed by atoms with Crippen molar-refractivity contribution in [2.24, 2.45) is 5.73 Å². The van der Waals surface area contributed by atoms with E-state index in [0.29, 0.717) is 18.5 Å². The van der Waals surface area contributed by atoms with Crippen molar-refractivity contribution in [2.45, 2.75) is 20.0 Å². The maximum atomic E-state index is 5.36. The third-order valence-corrected chi connectivity index (χ3v) is 2.22. The van der Waals surface area contributed by atoms with Crippen LogP contribution in [0.2, 0.25) is 0 Å². The first-order chi connectivity index (χ1) is 7.79. The number of rotatable bonds is 4. The van der Waals surface area contributed by atoms with Crippen molar-refractivity contribution < 1.29 is 4.42 Å². The second kappa shape index (κ2) is 4.71. The number of hydrogen-bond donors (Lipinski definition) is 2. The molecule has 0 amide bonds. The number of aromatic nitrogens is 3. The standard InChI is InChI=1S/C10H13N5O/c1-7-2-3-12-5-8(7)6-13-10-15-14-9(4-11)16-10/h2-3,5H,4,6,11H2,1H3,(H,13,15). The van der Waals surface area contributed by atoms with Crippen LogP contribution in [0.3, 0.4) is 0 Å². The summed E-state index contributed by atoms with van der Waals surface area (Å²) >= 11 is 0. The van der Waals surface area contributed by atoms with Crippen LogP contribution in [0.15, 0.2) is 22.9 Å². The van der Waals surface area contributed by atoms with Crippen molar-refractivity contribution in [2.75, 3.05) is 5.32 Å². The molecule has 2 rings (SSSR count). The minimum Gasteiger partial charge on any atom is -0.407 e. The normalized spacial score (nSPS) is 10.4. The van der Waals surface area contributed by atoms with Crippen LogP contribution in [-0.4, -0.2) is 15.2 Å². The van der Waals surface area contributed by atoms with Crippen LogP contribution in [-0.2, 0) is 13.1 Å². The lowest BCUT2D eigenvalue weighted by Crippen LogP contribution is -2.01. The molecule has 0 spiro atoms. The molecule has 0 aliphatic carbocycles. The van der Waals surface area contributed by atoms with Crippen molar-refractivity contribution in [3.63, 3.8) is 0 Å². The second-order valence-corrected chi connectivity index (χ2v) is 3.36. The largest absolute Gasteiger partial charge is 0.407 e. The van der Waals surface area contributed by atoms with E-state index in [1.807, 2.05) is 19.2 Å². The van der Waals surface area contributed by atoms with Crippen LogP contribution in [0.1, 0.15) is 17.0 Å². The first kappa shape index (κ1) is 10.6. The first-order valence-electron chi connectivity index (χ1n) is 4.95. The Morgan fingerprint density at radius 2 is 2.31 bits per heavy atom. The fraction of sp³-hybridized carbons (Fsp3) is 0.300. The number of pyridine rings is 1. The van der Waals surface area contributed by atoms with Gasteiger partial charge in [0.05, 0.1) is 6.54 Å².